The van der Waals surface area contributed by atoms with E-state index < -0.39 is 17.5 Å². The van der Waals surface area contributed by atoms with Crippen LogP contribution < -0.4 is 9.47 Å². The lowest BCUT2D eigenvalue weighted by atomic mass is 9.76. The Hall–Kier alpha value is -3.25. The third-order valence-electron chi connectivity index (χ3n) is 6.96. The Morgan fingerprint density at radius 3 is 2.25 bits per heavy atom. The average molecular weight is 497 g/mol. The first kappa shape index (κ1) is 25.8. The van der Waals surface area contributed by atoms with Crippen molar-refractivity contribution < 1.29 is 27.8 Å². The smallest absolute Gasteiger partial charge is 0.165 e. The number of halogens is 3. The summed E-state index contributed by atoms with van der Waals surface area (Å²) in [4.78, 5) is 0. The maximum Gasteiger partial charge on any atom is 0.165 e. The number of hydrogen-bond acceptors (Lipinski definition) is 3. The second-order valence-corrected chi connectivity index (χ2v) is 9.35. The van der Waals surface area contributed by atoms with Crippen molar-refractivity contribution in [2.24, 2.45) is 5.92 Å². The highest BCUT2D eigenvalue weighted by Gasteiger charge is 2.28. The minimum Gasteiger partial charge on any atom is -0.489 e. The molecule has 1 N–H and O–H groups in total. The molecule has 4 rings (SSSR count). The molecule has 3 aromatic carbocycles. The quantitative estimate of drug-likeness (QED) is 0.311. The average Bonchev–Trinajstić information content (AvgIpc) is 2.89. The Labute approximate surface area is 210 Å². The van der Waals surface area contributed by atoms with E-state index in [4.69, 9.17) is 9.47 Å². The van der Waals surface area contributed by atoms with Gasteiger partial charge in [-0.3, -0.25) is 0 Å². The molecule has 1 atom stereocenters. The lowest BCUT2D eigenvalue weighted by molar-refractivity contribution is 0.0963. The molecule has 0 aromatic heterocycles. The Morgan fingerprint density at radius 1 is 0.917 bits per heavy atom. The van der Waals surface area contributed by atoms with E-state index in [0.717, 1.165) is 31.2 Å². The summed E-state index contributed by atoms with van der Waals surface area (Å²) in [5.41, 5.74) is 2.01. The van der Waals surface area contributed by atoms with Crippen LogP contribution in [0.5, 0.6) is 11.5 Å². The molecule has 190 valence electrons. The van der Waals surface area contributed by atoms with Crippen molar-refractivity contribution in [2.75, 3.05) is 6.61 Å². The van der Waals surface area contributed by atoms with E-state index in [9.17, 15) is 18.3 Å². The molecule has 0 saturated heterocycles. The summed E-state index contributed by atoms with van der Waals surface area (Å²) >= 11 is 0. The zero-order valence-corrected chi connectivity index (χ0v) is 20.4. The van der Waals surface area contributed by atoms with Crippen molar-refractivity contribution in [2.45, 2.75) is 51.2 Å². The Kier molecular flexibility index (Phi) is 8.36. The molecule has 0 spiro atoms. The largest absolute Gasteiger partial charge is 0.489 e. The van der Waals surface area contributed by atoms with E-state index in [-0.39, 0.29) is 42.5 Å². The molecule has 1 aliphatic carbocycles. The van der Waals surface area contributed by atoms with E-state index in [1.165, 1.54) is 6.07 Å². The Bertz CT molecular complexity index is 1180. The number of hydrogen-bond donors (Lipinski definition) is 1. The van der Waals surface area contributed by atoms with Crippen LogP contribution in [-0.2, 0) is 6.61 Å². The van der Waals surface area contributed by atoms with E-state index >= 15 is 0 Å². The van der Waals surface area contributed by atoms with Crippen molar-refractivity contribution in [3.05, 3.63) is 95.8 Å². The number of rotatable bonds is 9. The fraction of sp³-hybridized carbons (Fsp3) is 0.333. The molecule has 3 nitrogen and oxygen atoms in total. The Morgan fingerprint density at radius 2 is 1.61 bits per heavy atom. The summed E-state index contributed by atoms with van der Waals surface area (Å²) in [6.07, 6.45) is 4.27. The van der Waals surface area contributed by atoms with Crippen LogP contribution in [0.4, 0.5) is 13.2 Å². The van der Waals surface area contributed by atoms with Crippen LogP contribution in [0.25, 0.3) is 11.1 Å². The Balaban J connectivity index is 1.38. The number of ether oxygens (including phenoxy) is 2. The number of aliphatic hydroxyl groups is 1. The van der Waals surface area contributed by atoms with Crippen LogP contribution in [-0.4, -0.2) is 17.8 Å². The highest BCUT2D eigenvalue weighted by molar-refractivity contribution is 5.65. The molecule has 6 heteroatoms. The molecule has 1 saturated carbocycles. The lowest BCUT2D eigenvalue weighted by Gasteiger charge is -2.30. The molecule has 36 heavy (non-hydrogen) atoms. The molecule has 0 heterocycles. The molecule has 1 aliphatic rings. The zero-order chi connectivity index (χ0) is 25.7. The molecule has 0 radical (unpaired) electrons. The lowest BCUT2D eigenvalue weighted by Crippen LogP contribution is -2.23. The van der Waals surface area contributed by atoms with E-state index in [0.29, 0.717) is 16.9 Å². The van der Waals surface area contributed by atoms with Crippen LogP contribution in [0.1, 0.15) is 49.7 Å². The summed E-state index contributed by atoms with van der Waals surface area (Å²) < 4.78 is 54.9. The van der Waals surface area contributed by atoms with Gasteiger partial charge < -0.3 is 14.6 Å². The van der Waals surface area contributed by atoms with E-state index in [1.54, 1.807) is 61.5 Å². The summed E-state index contributed by atoms with van der Waals surface area (Å²) in [6.45, 7) is 5.44. The molecule has 3 aromatic rings. The highest BCUT2D eigenvalue weighted by Crippen LogP contribution is 2.39. The maximum absolute atomic E-state index is 14.9. The maximum atomic E-state index is 14.9. The van der Waals surface area contributed by atoms with Gasteiger partial charge in [-0.15, -0.1) is 0 Å². The summed E-state index contributed by atoms with van der Waals surface area (Å²) in [5, 5.41) is 9.77. The molecular formula is C30H31F3O3. The van der Waals surface area contributed by atoms with Crippen molar-refractivity contribution in [3.8, 4) is 22.6 Å². The van der Waals surface area contributed by atoms with Gasteiger partial charge in [-0.2, -0.15) is 0 Å². The van der Waals surface area contributed by atoms with Crippen LogP contribution in [0.2, 0.25) is 0 Å². The topological polar surface area (TPSA) is 38.7 Å². The summed E-state index contributed by atoms with van der Waals surface area (Å²) in [5.74, 6) is -1.32. The number of aliphatic hydroxyl groups excluding tert-OH is 1. The van der Waals surface area contributed by atoms with Crippen molar-refractivity contribution >= 4 is 0 Å². The fourth-order valence-corrected chi connectivity index (χ4v) is 4.79. The van der Waals surface area contributed by atoms with Crippen LogP contribution in [0.3, 0.4) is 0 Å². The van der Waals surface area contributed by atoms with Gasteiger partial charge >= 0.3 is 0 Å². The minimum absolute atomic E-state index is 0.0375. The molecule has 1 unspecified atom stereocenters. The van der Waals surface area contributed by atoms with Gasteiger partial charge in [0, 0.05) is 5.56 Å². The molecule has 1 fully saturated rings. The van der Waals surface area contributed by atoms with Gasteiger partial charge in [-0.25, -0.2) is 13.2 Å². The summed E-state index contributed by atoms with van der Waals surface area (Å²) in [6, 6.07) is 14.9. The van der Waals surface area contributed by atoms with Gasteiger partial charge in [-0.05, 0) is 85.4 Å². The van der Waals surface area contributed by atoms with Gasteiger partial charge in [0.2, 0.25) is 0 Å². The molecule has 0 aliphatic heterocycles. The molecule has 0 amide bonds. The third kappa shape index (κ3) is 5.93. The monoisotopic (exact) mass is 496 g/mol. The fourth-order valence-electron chi connectivity index (χ4n) is 4.79. The minimum atomic E-state index is -0.879. The second kappa shape index (κ2) is 11.7. The standard InChI is InChI=1S/C30H31F3O3/c1-3-16-35-28-15-11-23(17-27(28)31)21-8-12-25(13-9-21)36-18-24-10-14-26(30(33)29(24)32)22-6-4-20(5-7-22)19(2)34/h3,8-15,17,19-20,22,34H,1,4-7,16,18H2,2H3. The highest BCUT2D eigenvalue weighted by atomic mass is 19.2. The second-order valence-electron chi connectivity index (χ2n) is 9.35. The normalized spacial score (nSPS) is 18.5. The predicted molar refractivity (Wildman–Crippen MR) is 135 cm³/mol. The first-order chi connectivity index (χ1) is 17.4. The van der Waals surface area contributed by atoms with Gasteiger partial charge in [-0.1, -0.05) is 43.0 Å². The number of benzene rings is 3. The van der Waals surface area contributed by atoms with E-state index in [1.807, 2.05) is 0 Å². The molecular weight excluding hydrogens is 465 g/mol. The van der Waals surface area contributed by atoms with E-state index in [2.05, 4.69) is 6.58 Å². The van der Waals surface area contributed by atoms with Crippen molar-refractivity contribution in [1.29, 1.82) is 0 Å². The van der Waals surface area contributed by atoms with Crippen molar-refractivity contribution in [3.63, 3.8) is 0 Å². The first-order valence-electron chi connectivity index (χ1n) is 12.3. The third-order valence-corrected chi connectivity index (χ3v) is 6.96. The van der Waals surface area contributed by atoms with Gasteiger partial charge in [0.15, 0.2) is 23.2 Å². The van der Waals surface area contributed by atoms with Crippen LogP contribution in [0, 0.1) is 23.4 Å². The predicted octanol–water partition coefficient (Wildman–Crippen LogP) is 7.57. The summed E-state index contributed by atoms with van der Waals surface area (Å²) in [7, 11) is 0. The zero-order valence-electron chi connectivity index (χ0n) is 20.4. The van der Waals surface area contributed by atoms with Crippen LogP contribution in [0.15, 0.2) is 67.3 Å². The van der Waals surface area contributed by atoms with Gasteiger partial charge in [0.25, 0.3) is 0 Å². The molecule has 0 bridgehead atoms. The van der Waals surface area contributed by atoms with Crippen molar-refractivity contribution in [1.82, 2.24) is 0 Å². The van der Waals surface area contributed by atoms with Crippen LogP contribution >= 0.6 is 0 Å². The van der Waals surface area contributed by atoms with Gasteiger partial charge in [0.05, 0.1) is 6.10 Å². The SMILES string of the molecule is C=CCOc1ccc(-c2ccc(OCc3ccc(C4CCC(C(C)O)CC4)c(F)c3F)cc2)cc1F. The van der Waals surface area contributed by atoms with Gasteiger partial charge in [0.1, 0.15) is 19.0 Å². The first-order valence-corrected chi connectivity index (χ1v) is 12.3.